The van der Waals surface area contributed by atoms with Crippen molar-refractivity contribution >= 4 is 10.4 Å². The highest BCUT2D eigenvalue weighted by molar-refractivity contribution is 7.80. The van der Waals surface area contributed by atoms with Gasteiger partial charge in [-0.2, -0.15) is 8.42 Å². The molecule has 70 valence electrons. The lowest BCUT2D eigenvalue weighted by Crippen LogP contribution is -2.03. The maximum atomic E-state index is 9.72. The molecule has 0 unspecified atom stereocenters. The van der Waals surface area contributed by atoms with E-state index in [0.717, 1.165) is 0 Å². The summed E-state index contributed by atoms with van der Waals surface area (Å²) in [5.41, 5.74) is 4.40. The van der Waals surface area contributed by atoms with Crippen molar-refractivity contribution in [3.05, 3.63) is 0 Å². The highest BCUT2D eigenvalue weighted by Crippen LogP contribution is 1.86. The number of nitrogens with two attached hydrogens (primary N) is 1. The van der Waals surface area contributed by atoms with Gasteiger partial charge in [0.05, 0.1) is 13.3 Å². The molecule has 0 heterocycles. The van der Waals surface area contributed by atoms with Gasteiger partial charge in [0.1, 0.15) is 0 Å². The number of hydrogen-bond acceptors (Lipinski definition) is 5. The first kappa shape index (κ1) is 13.4. The summed E-state index contributed by atoms with van der Waals surface area (Å²) >= 11 is 0. The Bertz CT molecular complexity index is 154. The molecule has 0 aromatic carbocycles. The van der Waals surface area contributed by atoms with Gasteiger partial charge >= 0.3 is 10.4 Å². The highest BCUT2D eigenvalue weighted by Gasteiger charge is 1.99. The second kappa shape index (κ2) is 7.89. The largest absolute Gasteiger partial charge is 0.397 e. The lowest BCUT2D eigenvalue weighted by Gasteiger charge is -1.92. The van der Waals surface area contributed by atoms with E-state index in [2.05, 4.69) is 9.92 Å². The molecule has 0 aromatic heterocycles. The van der Waals surface area contributed by atoms with E-state index in [1.807, 2.05) is 0 Å². The van der Waals surface area contributed by atoms with E-state index in [0.29, 0.717) is 6.42 Å². The monoisotopic (exact) mass is 187 g/mol. The predicted octanol–water partition coefficient (Wildman–Crippen LogP) is -0.889. The minimum absolute atomic E-state index is 0.0405. The Balaban J connectivity index is 0. The molecule has 0 spiro atoms. The molecule has 0 fully saturated rings. The second-order valence-corrected chi connectivity index (χ2v) is 2.52. The van der Waals surface area contributed by atoms with Crippen molar-refractivity contribution in [3.63, 3.8) is 0 Å². The van der Waals surface area contributed by atoms with E-state index in [9.17, 15) is 8.42 Å². The molecule has 0 bridgehead atoms. The van der Waals surface area contributed by atoms with Crippen LogP contribution in [-0.4, -0.2) is 31.4 Å². The van der Waals surface area contributed by atoms with Gasteiger partial charge in [0, 0.05) is 0 Å². The van der Waals surface area contributed by atoms with Crippen LogP contribution >= 0.6 is 0 Å². The van der Waals surface area contributed by atoms with Gasteiger partial charge in [0.15, 0.2) is 0 Å². The maximum Gasteiger partial charge on any atom is 0.397 e. The van der Waals surface area contributed by atoms with Crippen LogP contribution in [0.1, 0.15) is 13.3 Å². The molecule has 0 radical (unpaired) electrons. The van der Waals surface area contributed by atoms with Crippen LogP contribution in [-0.2, 0) is 14.6 Å². The Morgan fingerprint density at radius 2 is 1.91 bits per heavy atom. The minimum Gasteiger partial charge on any atom is -0.382 e. The lowest BCUT2D eigenvalue weighted by atomic mass is 10.5. The minimum atomic E-state index is -4.19. The fourth-order valence-electron chi connectivity index (χ4n) is 0.189. The number of aliphatic hydroxyl groups excluding tert-OH is 1. The van der Waals surface area contributed by atoms with Crippen LogP contribution in [0.4, 0.5) is 0 Å². The zero-order valence-electron chi connectivity index (χ0n) is 6.23. The average Bonchev–Trinajstić information content (AvgIpc) is 1.84. The summed E-state index contributed by atoms with van der Waals surface area (Å²) in [5, 5.41) is 7.35. The van der Waals surface area contributed by atoms with E-state index in [1.54, 1.807) is 6.92 Å². The third-order valence-corrected chi connectivity index (χ3v) is 0.901. The van der Waals surface area contributed by atoms with Crippen molar-refractivity contribution in [2.75, 3.05) is 13.3 Å². The predicted molar refractivity (Wildman–Crippen MR) is 39.1 cm³/mol. The van der Waals surface area contributed by atoms with Gasteiger partial charge in [-0.1, -0.05) is 6.92 Å². The van der Waals surface area contributed by atoms with Crippen LogP contribution in [0.15, 0.2) is 0 Å². The van der Waals surface area contributed by atoms with Gasteiger partial charge in [0.2, 0.25) is 0 Å². The fourth-order valence-corrected chi connectivity index (χ4v) is 0.566. The van der Waals surface area contributed by atoms with Crippen molar-refractivity contribution in [2.24, 2.45) is 5.73 Å². The third kappa shape index (κ3) is 25.9. The molecule has 0 atom stereocenters. The summed E-state index contributed by atoms with van der Waals surface area (Å²) in [6.07, 6.45) is 0.569. The molecule has 0 rings (SSSR count). The summed E-state index contributed by atoms with van der Waals surface area (Å²) in [5.74, 6) is 0. The molecule has 0 aliphatic rings. The van der Waals surface area contributed by atoms with Gasteiger partial charge in [-0.25, -0.2) is 4.18 Å². The van der Waals surface area contributed by atoms with Crippen LogP contribution < -0.4 is 5.73 Å². The molecule has 0 aliphatic carbocycles. The molecular formula is C4H13NO5S. The maximum absolute atomic E-state index is 9.72. The van der Waals surface area contributed by atoms with E-state index >= 15 is 0 Å². The normalized spacial score (nSPS) is 10.2. The van der Waals surface area contributed by atoms with Crippen LogP contribution in [0.25, 0.3) is 0 Å². The van der Waals surface area contributed by atoms with Gasteiger partial charge in [0.25, 0.3) is 0 Å². The Kier molecular flexibility index (Phi) is 9.60. The molecule has 6 nitrogen and oxygen atoms in total. The highest BCUT2D eigenvalue weighted by atomic mass is 32.3. The standard InChI is InChI=1S/C3H8O4S.CH5NO/c1-2-3-7-8(4,5)6;2-1-3/h2-3H2,1H3,(H,4,5,6);3H,1-2H2. The SMILES string of the molecule is CCCOS(=O)(=O)O.NCO. The first-order valence-electron chi connectivity index (χ1n) is 2.90. The molecule has 7 heteroatoms. The van der Waals surface area contributed by atoms with Crippen LogP contribution in [0.3, 0.4) is 0 Å². The van der Waals surface area contributed by atoms with E-state index in [1.165, 1.54) is 0 Å². The van der Waals surface area contributed by atoms with Crippen molar-refractivity contribution in [3.8, 4) is 0 Å². The number of rotatable bonds is 3. The van der Waals surface area contributed by atoms with Crippen LogP contribution in [0.2, 0.25) is 0 Å². The number of hydrogen-bond donors (Lipinski definition) is 3. The molecule has 0 amide bonds. The Labute approximate surface area is 65.9 Å². The summed E-state index contributed by atoms with van der Waals surface area (Å²) in [7, 11) is -4.19. The van der Waals surface area contributed by atoms with Crippen molar-refractivity contribution in [2.45, 2.75) is 13.3 Å². The summed E-state index contributed by atoms with van der Waals surface area (Å²) < 4.78 is 31.3. The molecule has 11 heavy (non-hydrogen) atoms. The van der Waals surface area contributed by atoms with E-state index in [-0.39, 0.29) is 13.3 Å². The summed E-state index contributed by atoms with van der Waals surface area (Å²) in [6, 6.07) is 0. The topological polar surface area (TPSA) is 110 Å². The van der Waals surface area contributed by atoms with Gasteiger partial charge in [-0.05, 0) is 6.42 Å². The molecule has 0 aliphatic heterocycles. The second-order valence-electron chi connectivity index (χ2n) is 1.43. The van der Waals surface area contributed by atoms with E-state index in [4.69, 9.17) is 9.66 Å². The molecule has 0 saturated heterocycles. The van der Waals surface area contributed by atoms with Crippen LogP contribution in [0.5, 0.6) is 0 Å². The molecule has 0 aromatic rings. The Morgan fingerprint density at radius 3 is 2.00 bits per heavy atom. The average molecular weight is 187 g/mol. The molecular weight excluding hydrogens is 174 g/mol. The first-order valence-corrected chi connectivity index (χ1v) is 4.27. The number of aliphatic hydroxyl groups is 1. The third-order valence-electron chi connectivity index (χ3n) is 0.436. The zero-order chi connectivity index (χ0) is 9.33. The molecule has 4 N–H and O–H groups in total. The molecule has 0 saturated carbocycles. The van der Waals surface area contributed by atoms with Crippen molar-refractivity contribution in [1.82, 2.24) is 0 Å². The quantitative estimate of drug-likeness (QED) is 0.390. The van der Waals surface area contributed by atoms with Gasteiger partial charge in [-0.3, -0.25) is 4.55 Å². The lowest BCUT2D eigenvalue weighted by molar-refractivity contribution is 0.269. The summed E-state index contributed by atoms with van der Waals surface area (Å²) in [6.45, 7) is 1.53. The van der Waals surface area contributed by atoms with Gasteiger partial charge in [-0.15, -0.1) is 0 Å². The smallest absolute Gasteiger partial charge is 0.382 e. The van der Waals surface area contributed by atoms with Gasteiger partial charge < -0.3 is 10.8 Å². The zero-order valence-corrected chi connectivity index (χ0v) is 7.04. The summed E-state index contributed by atoms with van der Waals surface area (Å²) in [4.78, 5) is 0. The van der Waals surface area contributed by atoms with Crippen molar-refractivity contribution in [1.29, 1.82) is 0 Å². The van der Waals surface area contributed by atoms with E-state index < -0.39 is 10.4 Å². The first-order chi connectivity index (χ1) is 4.97. The van der Waals surface area contributed by atoms with Crippen LogP contribution in [0, 0.1) is 0 Å². The Morgan fingerprint density at radius 1 is 1.55 bits per heavy atom. The Hall–Kier alpha value is -0.210. The fraction of sp³-hybridized carbons (Fsp3) is 1.00. The van der Waals surface area contributed by atoms with Crippen molar-refractivity contribution < 1.29 is 22.3 Å².